The zero-order valence-electron chi connectivity index (χ0n) is 5.55. The standard InChI is InChI=1S/C6H9NO2/c1-5-3-6(4-8-2)7-9-5/h3H,4H2,1-2H3. The van der Waals surface area contributed by atoms with Crippen LogP contribution in [0.15, 0.2) is 10.6 Å². The normalized spacial score (nSPS) is 10.0. The third-order valence-electron chi connectivity index (χ3n) is 0.969. The Kier molecular flexibility index (Phi) is 1.85. The molecule has 3 heteroatoms. The number of aryl methyl sites for hydroxylation is 1. The molecule has 0 aliphatic rings. The summed E-state index contributed by atoms with van der Waals surface area (Å²) in [5.41, 5.74) is 0.843. The van der Waals surface area contributed by atoms with Crippen molar-refractivity contribution in [2.75, 3.05) is 7.11 Å². The van der Waals surface area contributed by atoms with Crippen molar-refractivity contribution in [1.82, 2.24) is 5.16 Å². The smallest absolute Gasteiger partial charge is 0.134 e. The predicted molar refractivity (Wildman–Crippen MR) is 32.0 cm³/mol. The topological polar surface area (TPSA) is 35.3 Å². The maximum absolute atomic E-state index is 4.82. The molecule has 0 unspecified atom stereocenters. The van der Waals surface area contributed by atoms with Crippen LogP contribution in [-0.2, 0) is 11.3 Å². The van der Waals surface area contributed by atoms with E-state index in [2.05, 4.69) is 5.16 Å². The molecule has 0 atom stereocenters. The van der Waals surface area contributed by atoms with Crippen molar-refractivity contribution in [2.45, 2.75) is 13.5 Å². The van der Waals surface area contributed by atoms with Gasteiger partial charge in [0.1, 0.15) is 11.5 Å². The number of nitrogens with zero attached hydrogens (tertiary/aromatic N) is 1. The number of hydrogen-bond acceptors (Lipinski definition) is 3. The Morgan fingerprint density at radius 3 is 3.00 bits per heavy atom. The van der Waals surface area contributed by atoms with Gasteiger partial charge in [-0.1, -0.05) is 5.16 Å². The molecule has 0 fully saturated rings. The molecule has 9 heavy (non-hydrogen) atoms. The van der Waals surface area contributed by atoms with Crippen LogP contribution in [0.3, 0.4) is 0 Å². The van der Waals surface area contributed by atoms with Gasteiger partial charge >= 0.3 is 0 Å². The molecule has 1 aromatic rings. The maximum Gasteiger partial charge on any atom is 0.134 e. The molecular formula is C6H9NO2. The van der Waals surface area contributed by atoms with Gasteiger partial charge in [-0.15, -0.1) is 0 Å². The van der Waals surface area contributed by atoms with Crippen LogP contribution in [0.2, 0.25) is 0 Å². The fourth-order valence-electron chi connectivity index (χ4n) is 0.634. The van der Waals surface area contributed by atoms with Crippen LogP contribution < -0.4 is 0 Å². The van der Waals surface area contributed by atoms with Gasteiger partial charge in [0.2, 0.25) is 0 Å². The number of ether oxygens (including phenoxy) is 1. The molecule has 0 spiro atoms. The van der Waals surface area contributed by atoms with Crippen molar-refractivity contribution in [2.24, 2.45) is 0 Å². The van der Waals surface area contributed by atoms with E-state index in [4.69, 9.17) is 9.26 Å². The van der Waals surface area contributed by atoms with Gasteiger partial charge < -0.3 is 9.26 Å². The SMILES string of the molecule is COCc1cc(C)on1. The van der Waals surface area contributed by atoms with Crippen molar-refractivity contribution in [1.29, 1.82) is 0 Å². The van der Waals surface area contributed by atoms with Crippen LogP contribution in [0.4, 0.5) is 0 Å². The van der Waals surface area contributed by atoms with Crippen LogP contribution in [-0.4, -0.2) is 12.3 Å². The Balaban J connectivity index is 2.61. The molecule has 1 heterocycles. The Morgan fingerprint density at radius 2 is 2.56 bits per heavy atom. The van der Waals surface area contributed by atoms with Gasteiger partial charge in [0.25, 0.3) is 0 Å². The fraction of sp³-hybridized carbons (Fsp3) is 0.500. The lowest BCUT2D eigenvalue weighted by Gasteiger charge is -1.86. The summed E-state index contributed by atoms with van der Waals surface area (Å²) in [6, 6.07) is 1.85. The first-order chi connectivity index (χ1) is 4.33. The van der Waals surface area contributed by atoms with Crippen LogP contribution in [0, 0.1) is 6.92 Å². The summed E-state index contributed by atoms with van der Waals surface area (Å²) in [6.07, 6.45) is 0. The van der Waals surface area contributed by atoms with Gasteiger partial charge in [-0.25, -0.2) is 0 Å². The average Bonchev–Trinajstić information content (AvgIpc) is 2.17. The first-order valence-corrected chi connectivity index (χ1v) is 2.74. The second-order valence-corrected chi connectivity index (χ2v) is 1.86. The van der Waals surface area contributed by atoms with Gasteiger partial charge in [0, 0.05) is 13.2 Å². The summed E-state index contributed by atoms with van der Waals surface area (Å²) in [5, 5.41) is 3.71. The molecule has 1 rings (SSSR count). The highest BCUT2D eigenvalue weighted by Crippen LogP contribution is 2.01. The molecule has 0 aromatic carbocycles. The Morgan fingerprint density at radius 1 is 1.78 bits per heavy atom. The second kappa shape index (κ2) is 2.64. The van der Waals surface area contributed by atoms with E-state index in [0.717, 1.165) is 11.5 Å². The second-order valence-electron chi connectivity index (χ2n) is 1.86. The van der Waals surface area contributed by atoms with Crippen molar-refractivity contribution >= 4 is 0 Å². The molecule has 0 amide bonds. The average molecular weight is 127 g/mol. The molecule has 0 aliphatic carbocycles. The number of methoxy groups -OCH3 is 1. The number of hydrogen-bond donors (Lipinski definition) is 0. The molecule has 0 bridgehead atoms. The van der Waals surface area contributed by atoms with E-state index in [1.54, 1.807) is 7.11 Å². The molecule has 0 radical (unpaired) electrons. The van der Waals surface area contributed by atoms with Gasteiger partial charge in [0.15, 0.2) is 0 Å². The Bertz CT molecular complexity index is 183. The molecule has 3 nitrogen and oxygen atoms in total. The summed E-state index contributed by atoms with van der Waals surface area (Å²) in [5.74, 6) is 0.821. The minimum atomic E-state index is 0.525. The largest absolute Gasteiger partial charge is 0.378 e. The summed E-state index contributed by atoms with van der Waals surface area (Å²) in [6.45, 7) is 2.38. The van der Waals surface area contributed by atoms with Crippen molar-refractivity contribution < 1.29 is 9.26 Å². The lowest BCUT2D eigenvalue weighted by Crippen LogP contribution is -1.84. The number of rotatable bonds is 2. The van der Waals surface area contributed by atoms with Crippen LogP contribution in [0.5, 0.6) is 0 Å². The van der Waals surface area contributed by atoms with Crippen LogP contribution in [0.25, 0.3) is 0 Å². The Hall–Kier alpha value is -0.830. The van der Waals surface area contributed by atoms with E-state index in [9.17, 15) is 0 Å². The van der Waals surface area contributed by atoms with E-state index >= 15 is 0 Å². The van der Waals surface area contributed by atoms with Crippen molar-refractivity contribution in [3.63, 3.8) is 0 Å². The lowest BCUT2D eigenvalue weighted by molar-refractivity contribution is 0.177. The van der Waals surface area contributed by atoms with Crippen LogP contribution in [0.1, 0.15) is 11.5 Å². The van der Waals surface area contributed by atoms with E-state index in [0.29, 0.717) is 6.61 Å². The minimum absolute atomic E-state index is 0.525. The summed E-state index contributed by atoms with van der Waals surface area (Å²) < 4.78 is 9.61. The van der Waals surface area contributed by atoms with E-state index < -0.39 is 0 Å². The van der Waals surface area contributed by atoms with Gasteiger partial charge in [-0.3, -0.25) is 0 Å². The zero-order chi connectivity index (χ0) is 6.69. The molecule has 0 aliphatic heterocycles. The first kappa shape index (κ1) is 6.29. The molecule has 50 valence electrons. The third-order valence-corrected chi connectivity index (χ3v) is 0.969. The minimum Gasteiger partial charge on any atom is -0.378 e. The lowest BCUT2D eigenvalue weighted by atomic mass is 10.4. The van der Waals surface area contributed by atoms with E-state index in [-0.39, 0.29) is 0 Å². The Labute approximate surface area is 53.6 Å². The first-order valence-electron chi connectivity index (χ1n) is 2.74. The molecule has 1 aromatic heterocycles. The molecular weight excluding hydrogens is 118 g/mol. The summed E-state index contributed by atoms with van der Waals surface area (Å²) >= 11 is 0. The quantitative estimate of drug-likeness (QED) is 0.597. The maximum atomic E-state index is 4.82. The van der Waals surface area contributed by atoms with Crippen LogP contribution >= 0.6 is 0 Å². The third kappa shape index (κ3) is 1.54. The van der Waals surface area contributed by atoms with Gasteiger partial charge in [-0.2, -0.15) is 0 Å². The highest BCUT2D eigenvalue weighted by Gasteiger charge is 1.96. The molecule has 0 saturated carbocycles. The highest BCUT2D eigenvalue weighted by molar-refractivity contribution is 5.01. The van der Waals surface area contributed by atoms with E-state index in [1.807, 2.05) is 13.0 Å². The summed E-state index contributed by atoms with van der Waals surface area (Å²) in [4.78, 5) is 0. The molecule has 0 N–H and O–H groups in total. The predicted octanol–water partition coefficient (Wildman–Crippen LogP) is 1.13. The van der Waals surface area contributed by atoms with Gasteiger partial charge in [0.05, 0.1) is 6.61 Å². The number of aromatic nitrogens is 1. The highest BCUT2D eigenvalue weighted by atomic mass is 16.5. The summed E-state index contributed by atoms with van der Waals surface area (Å²) in [7, 11) is 1.63. The van der Waals surface area contributed by atoms with E-state index in [1.165, 1.54) is 0 Å². The monoisotopic (exact) mass is 127 g/mol. The van der Waals surface area contributed by atoms with Gasteiger partial charge in [-0.05, 0) is 6.92 Å². The zero-order valence-corrected chi connectivity index (χ0v) is 5.55. The fourth-order valence-corrected chi connectivity index (χ4v) is 0.634. The molecule has 0 saturated heterocycles. The van der Waals surface area contributed by atoms with Crippen molar-refractivity contribution in [3.05, 3.63) is 17.5 Å². The van der Waals surface area contributed by atoms with Crippen molar-refractivity contribution in [3.8, 4) is 0 Å².